The van der Waals surface area contributed by atoms with E-state index >= 15 is 0 Å². The minimum Gasteiger partial charge on any atom is -0.347 e. The predicted molar refractivity (Wildman–Crippen MR) is 80.1 cm³/mol. The Morgan fingerprint density at radius 3 is 2.80 bits per heavy atom. The van der Waals surface area contributed by atoms with Crippen LogP contribution in [-0.2, 0) is 11.2 Å². The van der Waals surface area contributed by atoms with Gasteiger partial charge in [0.25, 0.3) is 0 Å². The zero-order valence-electron chi connectivity index (χ0n) is 12.2. The topological polar surface area (TPSA) is 51.0 Å². The van der Waals surface area contributed by atoms with Crippen molar-refractivity contribution in [3.8, 4) is 0 Å². The van der Waals surface area contributed by atoms with Crippen LogP contribution in [0.15, 0.2) is 12.3 Å². The van der Waals surface area contributed by atoms with Crippen LogP contribution in [0.4, 0.5) is 0 Å². The van der Waals surface area contributed by atoms with Crippen LogP contribution in [0.3, 0.4) is 0 Å². The minimum atomic E-state index is -0.345. The predicted octanol–water partition coefficient (Wildman–Crippen LogP) is 2.17. The van der Waals surface area contributed by atoms with Gasteiger partial charge in [0.1, 0.15) is 17.4 Å². The third kappa shape index (κ3) is 2.50. The number of carbonyl (C=O) groups excluding carboxylic acids is 1. The molecule has 0 fully saturated rings. The first-order valence-corrected chi connectivity index (χ1v) is 7.10. The Balaban J connectivity index is 2.62. The van der Waals surface area contributed by atoms with E-state index < -0.39 is 0 Å². The Hall–Kier alpha value is -1.62. The largest absolute Gasteiger partial charge is 0.347 e. The molecule has 1 atom stereocenters. The number of nitrogens with zero attached hydrogens (tertiary/aromatic N) is 4. The van der Waals surface area contributed by atoms with Crippen molar-refractivity contribution in [3.63, 3.8) is 0 Å². The normalized spacial score (nSPS) is 12.7. The highest BCUT2D eigenvalue weighted by Gasteiger charge is 2.23. The summed E-state index contributed by atoms with van der Waals surface area (Å²) in [6, 6.07) is 1.57. The summed E-state index contributed by atoms with van der Waals surface area (Å²) < 4.78 is 1.90. The first-order chi connectivity index (χ1) is 9.47. The van der Waals surface area contributed by atoms with E-state index in [1.54, 1.807) is 25.2 Å². The second-order valence-electron chi connectivity index (χ2n) is 5.05. The molecule has 2 rings (SSSR count). The van der Waals surface area contributed by atoms with Gasteiger partial charge in [0.15, 0.2) is 5.65 Å². The molecule has 0 aliphatic heterocycles. The number of aromatic nitrogens is 3. The smallest absolute Gasteiger partial charge is 0.244 e. The summed E-state index contributed by atoms with van der Waals surface area (Å²) in [4.78, 5) is 22.8. The summed E-state index contributed by atoms with van der Waals surface area (Å²) in [6.45, 7) is 3.86. The van der Waals surface area contributed by atoms with Gasteiger partial charge in [-0.25, -0.2) is 9.97 Å². The molecule has 20 heavy (non-hydrogen) atoms. The Morgan fingerprint density at radius 1 is 1.50 bits per heavy atom. The molecule has 2 aromatic heterocycles. The average Bonchev–Trinajstić information content (AvgIpc) is 2.77. The van der Waals surface area contributed by atoms with Gasteiger partial charge in [-0.15, -0.1) is 11.6 Å². The zero-order chi connectivity index (χ0) is 14.9. The monoisotopic (exact) mass is 294 g/mol. The van der Waals surface area contributed by atoms with Gasteiger partial charge in [0.2, 0.25) is 5.91 Å². The first kappa shape index (κ1) is 14.8. The molecule has 0 saturated carbocycles. The molecule has 0 bridgehead atoms. The number of hydrogen-bond donors (Lipinski definition) is 0. The number of alkyl halides is 1. The van der Waals surface area contributed by atoms with Crippen LogP contribution in [0.5, 0.6) is 0 Å². The summed E-state index contributed by atoms with van der Waals surface area (Å²) >= 11 is 5.85. The van der Waals surface area contributed by atoms with Crippen molar-refractivity contribution in [1.82, 2.24) is 19.4 Å². The summed E-state index contributed by atoms with van der Waals surface area (Å²) in [5.74, 6) is 1.29. The molecule has 0 aliphatic rings. The number of carbonyl (C=O) groups is 1. The summed E-state index contributed by atoms with van der Waals surface area (Å²) in [6.07, 6.45) is 2.36. The lowest BCUT2D eigenvalue weighted by Gasteiger charge is -2.20. The molecule has 2 aromatic rings. The molecule has 0 radical (unpaired) electrons. The third-order valence-electron chi connectivity index (χ3n) is 3.36. The van der Waals surface area contributed by atoms with Gasteiger partial charge in [-0.3, -0.25) is 4.79 Å². The van der Waals surface area contributed by atoms with Gasteiger partial charge in [0.05, 0.1) is 0 Å². The highest BCUT2D eigenvalue weighted by Crippen LogP contribution is 2.23. The van der Waals surface area contributed by atoms with Crippen molar-refractivity contribution in [2.24, 2.45) is 0 Å². The van der Waals surface area contributed by atoms with Crippen molar-refractivity contribution >= 4 is 28.7 Å². The number of fused-ring (bicyclic) bond motifs is 1. The van der Waals surface area contributed by atoms with Crippen LogP contribution in [0.2, 0.25) is 0 Å². The van der Waals surface area contributed by atoms with Gasteiger partial charge in [0, 0.05) is 32.6 Å². The number of hydrogen-bond acceptors (Lipinski definition) is 3. The van der Waals surface area contributed by atoms with E-state index in [9.17, 15) is 4.79 Å². The Morgan fingerprint density at radius 2 is 2.20 bits per heavy atom. The molecular formula is C14H19ClN4O. The van der Waals surface area contributed by atoms with Crippen LogP contribution in [-0.4, -0.2) is 45.3 Å². The molecule has 1 amide bonds. The van der Waals surface area contributed by atoms with E-state index in [2.05, 4.69) is 9.97 Å². The van der Waals surface area contributed by atoms with Crippen molar-refractivity contribution in [2.75, 3.05) is 20.0 Å². The molecule has 1 unspecified atom stereocenters. The second-order valence-corrected chi connectivity index (χ2v) is 5.42. The standard InChI is InChI=1S/C14H19ClN4O/c1-9-6-8-16-13-12(9)17-11(5-7-15)19(13)10(2)14(20)18(3)4/h6,8,10H,5,7H2,1-4H3. The van der Waals surface area contributed by atoms with Crippen LogP contribution in [0.1, 0.15) is 24.4 Å². The second kappa shape index (κ2) is 5.79. The molecule has 2 heterocycles. The number of rotatable bonds is 4. The lowest BCUT2D eigenvalue weighted by molar-refractivity contribution is -0.131. The molecule has 6 heteroatoms. The Bertz CT molecular complexity index is 635. The maximum absolute atomic E-state index is 12.2. The van der Waals surface area contributed by atoms with Gasteiger partial charge in [-0.1, -0.05) is 0 Å². The summed E-state index contributed by atoms with van der Waals surface area (Å²) in [7, 11) is 3.50. The van der Waals surface area contributed by atoms with E-state index in [0.717, 1.165) is 22.6 Å². The lowest BCUT2D eigenvalue weighted by Crippen LogP contribution is -2.30. The Kier molecular flexibility index (Phi) is 4.28. The fourth-order valence-corrected chi connectivity index (χ4v) is 2.48. The van der Waals surface area contributed by atoms with E-state index in [-0.39, 0.29) is 11.9 Å². The molecule has 0 N–H and O–H groups in total. The SMILES string of the molecule is Cc1ccnc2c1nc(CCCl)n2C(C)C(=O)N(C)C. The molecule has 0 aromatic carbocycles. The van der Waals surface area contributed by atoms with E-state index in [1.807, 2.05) is 24.5 Å². The fourth-order valence-electron chi connectivity index (χ4n) is 2.31. The molecule has 108 valence electrons. The molecule has 0 aliphatic carbocycles. The fraction of sp³-hybridized carbons (Fsp3) is 0.500. The van der Waals surface area contributed by atoms with Gasteiger partial charge >= 0.3 is 0 Å². The van der Waals surface area contributed by atoms with E-state index in [1.165, 1.54) is 0 Å². The summed E-state index contributed by atoms with van der Waals surface area (Å²) in [5.41, 5.74) is 2.63. The number of pyridine rings is 1. The van der Waals surface area contributed by atoms with Crippen LogP contribution < -0.4 is 0 Å². The molecule has 0 saturated heterocycles. The zero-order valence-corrected chi connectivity index (χ0v) is 13.0. The lowest BCUT2D eigenvalue weighted by atomic mass is 10.2. The molecule has 0 spiro atoms. The van der Waals surface area contributed by atoms with Gasteiger partial charge in [-0.2, -0.15) is 0 Å². The van der Waals surface area contributed by atoms with Crippen LogP contribution in [0, 0.1) is 6.92 Å². The van der Waals surface area contributed by atoms with E-state index in [4.69, 9.17) is 11.6 Å². The summed E-state index contributed by atoms with van der Waals surface area (Å²) in [5, 5.41) is 0. The number of amides is 1. The molecule has 5 nitrogen and oxygen atoms in total. The van der Waals surface area contributed by atoms with Crippen molar-refractivity contribution in [2.45, 2.75) is 26.3 Å². The maximum Gasteiger partial charge on any atom is 0.244 e. The van der Waals surface area contributed by atoms with Crippen molar-refractivity contribution in [1.29, 1.82) is 0 Å². The highest BCUT2D eigenvalue weighted by atomic mass is 35.5. The quantitative estimate of drug-likeness (QED) is 0.812. The number of likely N-dealkylation sites (N-methyl/N-ethyl adjacent to an activating group) is 1. The first-order valence-electron chi connectivity index (χ1n) is 6.57. The number of aryl methyl sites for hydroxylation is 2. The van der Waals surface area contributed by atoms with E-state index in [0.29, 0.717) is 12.3 Å². The van der Waals surface area contributed by atoms with Crippen LogP contribution in [0.25, 0.3) is 11.2 Å². The number of halogens is 1. The number of imidazole rings is 1. The van der Waals surface area contributed by atoms with Gasteiger partial charge in [-0.05, 0) is 25.5 Å². The average molecular weight is 295 g/mol. The van der Waals surface area contributed by atoms with Gasteiger partial charge < -0.3 is 9.47 Å². The third-order valence-corrected chi connectivity index (χ3v) is 3.55. The van der Waals surface area contributed by atoms with Crippen molar-refractivity contribution < 1.29 is 4.79 Å². The van der Waals surface area contributed by atoms with Crippen LogP contribution >= 0.6 is 11.6 Å². The van der Waals surface area contributed by atoms with Crippen molar-refractivity contribution in [3.05, 3.63) is 23.7 Å². The maximum atomic E-state index is 12.2. The Labute approximate surface area is 123 Å². The molecular weight excluding hydrogens is 276 g/mol. The highest BCUT2D eigenvalue weighted by molar-refractivity contribution is 6.17. The minimum absolute atomic E-state index is 0.0171.